The number of benzene rings is 4. The fourth-order valence-corrected chi connectivity index (χ4v) is 7.39. The molecule has 0 aliphatic carbocycles. The first-order valence-electron chi connectivity index (χ1n) is 15.0. The van der Waals surface area contributed by atoms with Crippen LogP contribution in [0.25, 0.3) is 6.08 Å². The van der Waals surface area contributed by atoms with Crippen LogP contribution in [-0.4, -0.2) is 58.8 Å². The van der Waals surface area contributed by atoms with Gasteiger partial charge in [0.1, 0.15) is 18.0 Å². The molecule has 0 radical (unpaired) electrons. The highest BCUT2D eigenvalue weighted by Gasteiger charge is 2.61. The van der Waals surface area contributed by atoms with Gasteiger partial charge in [-0.3, -0.25) is 44.5 Å². The quantitative estimate of drug-likeness (QED) is 0.165. The molecular formula is C35H26N6O7S. The lowest BCUT2D eigenvalue weighted by Crippen LogP contribution is -2.54. The molecule has 0 aromatic heterocycles. The lowest BCUT2D eigenvalue weighted by molar-refractivity contribution is -0.384. The zero-order valence-corrected chi connectivity index (χ0v) is 26.6. The van der Waals surface area contributed by atoms with Crippen molar-refractivity contribution in [1.82, 2.24) is 10.4 Å². The maximum Gasteiger partial charge on any atom is 0.297 e. The maximum absolute atomic E-state index is 14.4. The van der Waals surface area contributed by atoms with Gasteiger partial charge in [0.2, 0.25) is 10.8 Å². The number of hydrazine groups is 1. The molecule has 4 aromatic carbocycles. The van der Waals surface area contributed by atoms with E-state index in [1.165, 1.54) is 52.9 Å². The van der Waals surface area contributed by atoms with Crippen LogP contribution in [0.2, 0.25) is 0 Å². The Hall–Kier alpha value is -6.28. The van der Waals surface area contributed by atoms with Crippen LogP contribution in [0.5, 0.6) is 5.75 Å². The fourth-order valence-electron chi connectivity index (χ4n) is 6.03. The molecule has 3 aliphatic heterocycles. The van der Waals surface area contributed by atoms with Crippen LogP contribution in [0, 0.1) is 10.1 Å². The standard InChI is InChI=1S/C35H26N6O7S/c1-48-26-16-14-24(15-17-26)39-31(43)21-49-35(39)27-12-5-6-13-29(27)38(34(35)45)20-30(42)37-40-32(23-9-3-2-4-10-23)36-28(33(40)44)19-22-8-7-11-25(18-22)41(46)47/h2-19H,20-21H2,1H3,(H,37,42)/b28-19-. The molecule has 13 nitrogen and oxygen atoms in total. The minimum Gasteiger partial charge on any atom is -0.497 e. The molecule has 244 valence electrons. The summed E-state index contributed by atoms with van der Waals surface area (Å²) in [5.74, 6) is -1.35. The minimum absolute atomic E-state index is 0.0466. The van der Waals surface area contributed by atoms with Gasteiger partial charge in [0.05, 0.1) is 23.5 Å². The Bertz CT molecular complexity index is 2100. The van der Waals surface area contributed by atoms with Crippen molar-refractivity contribution >= 4 is 64.4 Å². The van der Waals surface area contributed by atoms with E-state index in [2.05, 4.69) is 10.4 Å². The smallest absolute Gasteiger partial charge is 0.297 e. The summed E-state index contributed by atoms with van der Waals surface area (Å²) in [5.41, 5.74) is 4.82. The molecule has 4 aromatic rings. The third-order valence-corrected chi connectivity index (χ3v) is 9.60. The molecule has 1 N–H and O–H groups in total. The normalized spacial score (nSPS) is 19.1. The molecule has 3 heterocycles. The van der Waals surface area contributed by atoms with E-state index in [-0.39, 0.29) is 28.9 Å². The van der Waals surface area contributed by atoms with Crippen molar-refractivity contribution in [2.45, 2.75) is 4.87 Å². The Labute approximate surface area is 283 Å². The number of thioether (sulfide) groups is 1. The van der Waals surface area contributed by atoms with Crippen LogP contribution >= 0.6 is 11.8 Å². The number of non-ortho nitro benzene ring substituents is 1. The Kier molecular flexibility index (Phi) is 7.92. The van der Waals surface area contributed by atoms with Crippen LogP contribution < -0.4 is 20.0 Å². The highest BCUT2D eigenvalue weighted by Crippen LogP contribution is 2.55. The summed E-state index contributed by atoms with van der Waals surface area (Å²) in [6.45, 7) is -0.474. The number of nitrogens with one attached hydrogen (secondary N) is 1. The molecule has 49 heavy (non-hydrogen) atoms. The van der Waals surface area contributed by atoms with Crippen LogP contribution in [-0.2, 0) is 24.0 Å². The van der Waals surface area contributed by atoms with Gasteiger partial charge in [0.15, 0.2) is 5.84 Å². The molecule has 14 heteroatoms. The van der Waals surface area contributed by atoms with Crippen molar-refractivity contribution in [1.29, 1.82) is 0 Å². The second-order valence-electron chi connectivity index (χ2n) is 11.1. The van der Waals surface area contributed by atoms with Crippen molar-refractivity contribution in [3.8, 4) is 5.75 Å². The number of methoxy groups -OCH3 is 1. The number of anilines is 2. The number of fused-ring (bicyclic) bond motifs is 2. The Morgan fingerprint density at radius 1 is 1.00 bits per heavy atom. The number of aliphatic imine (C=N–C) groups is 1. The predicted molar refractivity (Wildman–Crippen MR) is 182 cm³/mol. The van der Waals surface area contributed by atoms with E-state index in [1.54, 1.807) is 84.9 Å². The van der Waals surface area contributed by atoms with Gasteiger partial charge in [-0.05, 0) is 42.0 Å². The van der Waals surface area contributed by atoms with Gasteiger partial charge < -0.3 is 4.74 Å². The topological polar surface area (TPSA) is 155 Å². The minimum atomic E-state index is -1.45. The van der Waals surface area contributed by atoms with E-state index in [1.807, 2.05) is 0 Å². The van der Waals surface area contributed by atoms with Gasteiger partial charge in [-0.1, -0.05) is 60.7 Å². The Morgan fingerprint density at radius 3 is 2.47 bits per heavy atom. The number of carbonyl (C=O) groups excluding carboxylic acids is 4. The summed E-state index contributed by atoms with van der Waals surface area (Å²) >= 11 is 1.18. The molecule has 0 saturated carbocycles. The number of hydrogen-bond acceptors (Lipinski definition) is 9. The molecule has 1 fully saturated rings. The van der Waals surface area contributed by atoms with E-state index in [0.717, 1.165) is 5.01 Å². The van der Waals surface area contributed by atoms with Crippen molar-refractivity contribution in [3.63, 3.8) is 0 Å². The maximum atomic E-state index is 14.4. The van der Waals surface area contributed by atoms with Crippen molar-refractivity contribution in [2.75, 3.05) is 29.2 Å². The van der Waals surface area contributed by atoms with E-state index in [0.29, 0.717) is 33.8 Å². The zero-order chi connectivity index (χ0) is 34.3. The predicted octanol–water partition coefficient (Wildman–Crippen LogP) is 4.24. The first kappa shape index (κ1) is 31.3. The average Bonchev–Trinajstić information content (AvgIpc) is 3.71. The summed E-state index contributed by atoms with van der Waals surface area (Å²) in [6, 6.07) is 28.3. The summed E-state index contributed by atoms with van der Waals surface area (Å²) in [5, 5.41) is 12.3. The van der Waals surface area contributed by atoms with Gasteiger partial charge in [0.25, 0.3) is 23.4 Å². The first-order chi connectivity index (χ1) is 23.7. The van der Waals surface area contributed by atoms with Crippen LogP contribution in [0.3, 0.4) is 0 Å². The summed E-state index contributed by atoms with van der Waals surface area (Å²) in [7, 11) is 1.53. The number of nitro benzene ring substituents is 1. The number of rotatable bonds is 8. The van der Waals surface area contributed by atoms with Crippen LogP contribution in [0.4, 0.5) is 17.1 Å². The van der Waals surface area contributed by atoms with Crippen molar-refractivity contribution < 1.29 is 28.8 Å². The summed E-state index contributed by atoms with van der Waals surface area (Å²) in [6.07, 6.45) is 1.40. The molecule has 1 atom stereocenters. The van der Waals surface area contributed by atoms with Crippen LogP contribution in [0.1, 0.15) is 16.7 Å². The molecule has 1 saturated heterocycles. The third-order valence-electron chi connectivity index (χ3n) is 8.21. The summed E-state index contributed by atoms with van der Waals surface area (Å²) in [4.78, 5) is 71.8. The van der Waals surface area contributed by atoms with Gasteiger partial charge >= 0.3 is 0 Å². The number of carbonyl (C=O) groups is 4. The molecule has 3 aliphatic rings. The molecule has 7 rings (SSSR count). The number of para-hydroxylation sites is 1. The molecular weight excluding hydrogens is 648 g/mol. The second kappa shape index (κ2) is 12.4. The average molecular weight is 675 g/mol. The van der Waals surface area contributed by atoms with E-state index >= 15 is 0 Å². The van der Waals surface area contributed by atoms with Gasteiger partial charge in [0, 0.05) is 28.9 Å². The third kappa shape index (κ3) is 5.37. The Balaban J connectivity index is 1.19. The fraction of sp³-hybridized carbons (Fsp3) is 0.114. The summed E-state index contributed by atoms with van der Waals surface area (Å²) < 4.78 is 5.27. The van der Waals surface area contributed by atoms with Gasteiger partial charge in [-0.15, -0.1) is 11.8 Å². The highest BCUT2D eigenvalue weighted by atomic mass is 32.2. The SMILES string of the molecule is COc1ccc(N2C(=O)CSC23C(=O)N(CC(=O)NN2C(=O)/C(=C/c4cccc([N+](=O)[O-])c4)N=C2c2ccccc2)c2ccccc23)cc1. The molecule has 0 bridgehead atoms. The number of nitro groups is 1. The monoisotopic (exact) mass is 674 g/mol. The zero-order valence-electron chi connectivity index (χ0n) is 25.8. The van der Waals surface area contributed by atoms with Crippen LogP contribution in [0.15, 0.2) is 114 Å². The lowest BCUT2D eigenvalue weighted by atomic mass is 10.0. The number of amides is 4. The molecule has 4 amide bonds. The lowest BCUT2D eigenvalue weighted by Gasteiger charge is -2.33. The van der Waals surface area contributed by atoms with E-state index < -0.39 is 34.1 Å². The number of amidine groups is 1. The van der Waals surface area contributed by atoms with Crippen molar-refractivity contribution in [2.24, 2.45) is 4.99 Å². The van der Waals surface area contributed by atoms with Gasteiger partial charge in [-0.25, -0.2) is 4.99 Å². The van der Waals surface area contributed by atoms with Gasteiger partial charge in [-0.2, -0.15) is 5.01 Å². The number of ether oxygens (including phenoxy) is 1. The van der Waals surface area contributed by atoms with E-state index in [4.69, 9.17) is 4.74 Å². The molecule has 1 spiro atoms. The largest absolute Gasteiger partial charge is 0.497 e. The first-order valence-corrected chi connectivity index (χ1v) is 16.0. The second-order valence-corrected chi connectivity index (χ2v) is 12.3. The number of hydrogen-bond donors (Lipinski definition) is 1. The van der Waals surface area contributed by atoms with E-state index in [9.17, 15) is 29.3 Å². The highest BCUT2D eigenvalue weighted by molar-refractivity contribution is 8.02. The van der Waals surface area contributed by atoms with Crippen molar-refractivity contribution in [3.05, 3.63) is 136 Å². The number of nitrogens with zero attached hydrogens (tertiary/aromatic N) is 5. The molecule has 1 unspecified atom stereocenters. The Morgan fingerprint density at radius 2 is 1.73 bits per heavy atom.